The number of hydrogen-bond donors (Lipinski definition) is 1. The van der Waals surface area contributed by atoms with Gasteiger partial charge in [0.15, 0.2) is 0 Å². The van der Waals surface area contributed by atoms with Crippen LogP contribution in [0, 0.1) is 12.7 Å². The molecule has 0 aliphatic heterocycles. The summed E-state index contributed by atoms with van der Waals surface area (Å²) in [6, 6.07) is 2.87. The molecule has 0 bridgehead atoms. The molecule has 1 aliphatic rings. The summed E-state index contributed by atoms with van der Waals surface area (Å²) in [5, 5.41) is 9.37. The van der Waals surface area contributed by atoms with E-state index >= 15 is 0 Å². The van der Waals surface area contributed by atoms with E-state index in [9.17, 15) is 14.3 Å². The zero-order valence-corrected chi connectivity index (χ0v) is 9.92. The number of benzene rings is 1. The molecular weight excluding hydrogens is 223 g/mol. The molecule has 1 N–H and O–H groups in total. The van der Waals surface area contributed by atoms with Crippen molar-refractivity contribution in [1.29, 1.82) is 0 Å². The smallest absolute Gasteiger partial charge is 0.314 e. The molecule has 0 heterocycles. The lowest BCUT2D eigenvalue weighted by Crippen LogP contribution is -2.42. The molecule has 1 aromatic carbocycles. The Labute approximate surface area is 99.2 Å². The largest absolute Gasteiger partial charge is 0.496 e. The predicted octanol–water partition coefficient (Wildman–Crippen LogP) is 2.65. The van der Waals surface area contributed by atoms with Gasteiger partial charge in [0.1, 0.15) is 11.6 Å². The van der Waals surface area contributed by atoms with E-state index in [1.54, 1.807) is 13.0 Å². The fraction of sp³-hybridized carbons (Fsp3) is 0.462. The lowest BCUT2D eigenvalue weighted by atomic mass is 9.64. The zero-order chi connectivity index (χ0) is 12.6. The first kappa shape index (κ1) is 11.9. The molecule has 1 aliphatic carbocycles. The average molecular weight is 238 g/mol. The molecule has 92 valence electrons. The van der Waals surface area contributed by atoms with Gasteiger partial charge in [-0.25, -0.2) is 4.39 Å². The second kappa shape index (κ2) is 4.02. The highest BCUT2D eigenvalue weighted by Crippen LogP contribution is 2.47. The maximum Gasteiger partial charge on any atom is 0.314 e. The molecule has 1 saturated carbocycles. The number of halogens is 1. The number of aliphatic carboxylic acids is 1. The number of carbonyl (C=O) groups is 1. The fourth-order valence-corrected chi connectivity index (χ4v) is 2.33. The molecule has 0 atom stereocenters. The van der Waals surface area contributed by atoms with Crippen LogP contribution in [-0.4, -0.2) is 18.2 Å². The highest BCUT2D eigenvalue weighted by molar-refractivity contribution is 5.83. The van der Waals surface area contributed by atoms with Gasteiger partial charge in [-0.05, 0) is 31.4 Å². The zero-order valence-electron chi connectivity index (χ0n) is 9.92. The lowest BCUT2D eigenvalue weighted by molar-refractivity contribution is -0.147. The van der Waals surface area contributed by atoms with Gasteiger partial charge in [0.25, 0.3) is 0 Å². The summed E-state index contributed by atoms with van der Waals surface area (Å²) in [5.74, 6) is -0.895. The first-order chi connectivity index (χ1) is 8.01. The standard InChI is InChI=1S/C13H15FO3/c1-8-6-9(11(17-2)7-10(8)14)13(12(15)16)4-3-5-13/h6-7H,3-5H2,1-2H3,(H,15,16). The van der Waals surface area contributed by atoms with Crippen LogP contribution in [0.3, 0.4) is 0 Å². The number of hydrogen-bond acceptors (Lipinski definition) is 2. The molecule has 0 radical (unpaired) electrons. The third-order valence-electron chi connectivity index (χ3n) is 3.61. The van der Waals surface area contributed by atoms with E-state index in [0.29, 0.717) is 29.7 Å². The maximum atomic E-state index is 13.4. The summed E-state index contributed by atoms with van der Waals surface area (Å²) in [6.07, 6.45) is 2.05. The van der Waals surface area contributed by atoms with Crippen molar-refractivity contribution in [1.82, 2.24) is 0 Å². The van der Waals surface area contributed by atoms with Crippen LogP contribution in [0.2, 0.25) is 0 Å². The summed E-state index contributed by atoms with van der Waals surface area (Å²) in [7, 11) is 1.43. The minimum atomic E-state index is -0.885. The van der Waals surface area contributed by atoms with Crippen molar-refractivity contribution in [3.8, 4) is 5.75 Å². The highest BCUT2D eigenvalue weighted by Gasteiger charge is 2.47. The number of rotatable bonds is 3. The van der Waals surface area contributed by atoms with E-state index < -0.39 is 11.4 Å². The quantitative estimate of drug-likeness (QED) is 0.880. The molecule has 1 fully saturated rings. The molecule has 0 unspecified atom stereocenters. The number of methoxy groups -OCH3 is 1. The van der Waals surface area contributed by atoms with Gasteiger partial charge in [0.05, 0.1) is 12.5 Å². The van der Waals surface area contributed by atoms with Crippen LogP contribution in [0.5, 0.6) is 5.75 Å². The van der Waals surface area contributed by atoms with Gasteiger partial charge >= 0.3 is 5.97 Å². The van der Waals surface area contributed by atoms with Crippen LogP contribution in [0.1, 0.15) is 30.4 Å². The summed E-state index contributed by atoms with van der Waals surface area (Å²) in [5.41, 5.74) is 0.162. The molecular formula is C13H15FO3. The van der Waals surface area contributed by atoms with Crippen molar-refractivity contribution in [2.75, 3.05) is 7.11 Å². The fourth-order valence-electron chi connectivity index (χ4n) is 2.33. The van der Waals surface area contributed by atoms with Crippen molar-refractivity contribution in [2.45, 2.75) is 31.6 Å². The Morgan fingerprint density at radius 1 is 1.47 bits per heavy atom. The molecule has 3 nitrogen and oxygen atoms in total. The van der Waals surface area contributed by atoms with E-state index in [1.165, 1.54) is 13.2 Å². The summed E-state index contributed by atoms with van der Waals surface area (Å²) < 4.78 is 18.5. The average Bonchev–Trinajstić information content (AvgIpc) is 2.20. The lowest BCUT2D eigenvalue weighted by Gasteiger charge is -2.39. The number of carboxylic acid groups (broad SMARTS) is 1. The Hall–Kier alpha value is -1.58. The second-order valence-corrected chi connectivity index (χ2v) is 4.54. The van der Waals surface area contributed by atoms with Gasteiger partial charge in [-0.1, -0.05) is 6.42 Å². The molecule has 17 heavy (non-hydrogen) atoms. The SMILES string of the molecule is COc1cc(F)c(C)cc1C1(C(=O)O)CCC1. The van der Waals surface area contributed by atoms with E-state index in [-0.39, 0.29) is 5.82 Å². The van der Waals surface area contributed by atoms with Crippen LogP contribution in [0.15, 0.2) is 12.1 Å². The van der Waals surface area contributed by atoms with Crippen molar-refractivity contribution in [3.63, 3.8) is 0 Å². The third-order valence-corrected chi connectivity index (χ3v) is 3.61. The topological polar surface area (TPSA) is 46.5 Å². The van der Waals surface area contributed by atoms with Gasteiger partial charge in [0, 0.05) is 11.6 Å². The Morgan fingerprint density at radius 3 is 2.53 bits per heavy atom. The van der Waals surface area contributed by atoms with E-state index in [2.05, 4.69) is 0 Å². The first-order valence-corrected chi connectivity index (χ1v) is 5.59. The molecule has 0 saturated heterocycles. The Bertz CT molecular complexity index is 464. The monoisotopic (exact) mass is 238 g/mol. The maximum absolute atomic E-state index is 13.4. The van der Waals surface area contributed by atoms with Gasteiger partial charge in [-0.2, -0.15) is 0 Å². The predicted molar refractivity (Wildman–Crippen MR) is 60.9 cm³/mol. The first-order valence-electron chi connectivity index (χ1n) is 5.59. The van der Waals surface area contributed by atoms with E-state index in [1.807, 2.05) is 0 Å². The van der Waals surface area contributed by atoms with Crippen molar-refractivity contribution in [2.24, 2.45) is 0 Å². The van der Waals surface area contributed by atoms with Gasteiger partial charge in [-0.3, -0.25) is 4.79 Å². The normalized spacial score (nSPS) is 17.4. The molecule has 0 aromatic heterocycles. The molecule has 1 aromatic rings. The number of carboxylic acids is 1. The van der Waals surface area contributed by atoms with Crippen LogP contribution in [-0.2, 0) is 10.2 Å². The minimum Gasteiger partial charge on any atom is -0.496 e. The van der Waals surface area contributed by atoms with E-state index in [0.717, 1.165) is 6.42 Å². The Morgan fingerprint density at radius 2 is 2.12 bits per heavy atom. The Kier molecular flexibility index (Phi) is 2.81. The summed E-state index contributed by atoms with van der Waals surface area (Å²) >= 11 is 0. The molecule has 0 spiro atoms. The highest BCUT2D eigenvalue weighted by atomic mass is 19.1. The van der Waals surface area contributed by atoms with Gasteiger partial charge in [-0.15, -0.1) is 0 Å². The molecule has 2 rings (SSSR count). The van der Waals surface area contributed by atoms with E-state index in [4.69, 9.17) is 4.74 Å². The van der Waals surface area contributed by atoms with Crippen molar-refractivity contribution in [3.05, 3.63) is 29.1 Å². The summed E-state index contributed by atoms with van der Waals surface area (Å²) in [4.78, 5) is 11.4. The van der Waals surface area contributed by atoms with Crippen LogP contribution < -0.4 is 4.74 Å². The third kappa shape index (κ3) is 1.68. The number of aryl methyl sites for hydroxylation is 1. The van der Waals surface area contributed by atoms with Crippen LogP contribution >= 0.6 is 0 Å². The van der Waals surface area contributed by atoms with Gasteiger partial charge in [0.2, 0.25) is 0 Å². The second-order valence-electron chi connectivity index (χ2n) is 4.54. The minimum absolute atomic E-state index is 0.329. The van der Waals surface area contributed by atoms with Crippen LogP contribution in [0.4, 0.5) is 4.39 Å². The van der Waals surface area contributed by atoms with Crippen molar-refractivity contribution >= 4 is 5.97 Å². The summed E-state index contributed by atoms with van der Waals surface area (Å²) in [6.45, 7) is 1.63. The van der Waals surface area contributed by atoms with Crippen LogP contribution in [0.25, 0.3) is 0 Å². The van der Waals surface area contributed by atoms with Gasteiger partial charge < -0.3 is 9.84 Å². The molecule has 0 amide bonds. The number of ether oxygens (including phenoxy) is 1. The molecule has 4 heteroatoms. The Balaban J connectivity index is 2.57. The van der Waals surface area contributed by atoms with Crippen molar-refractivity contribution < 1.29 is 19.0 Å².